The summed E-state index contributed by atoms with van der Waals surface area (Å²) in [6.07, 6.45) is 0. The number of para-hydroxylation sites is 1. The van der Waals surface area contributed by atoms with E-state index in [-0.39, 0.29) is 5.56 Å². The number of carboxylic acid groups (broad SMARTS) is 1. The van der Waals surface area contributed by atoms with Crippen molar-refractivity contribution < 1.29 is 9.90 Å². The minimum atomic E-state index is -0.949. The second kappa shape index (κ2) is 4.70. The van der Waals surface area contributed by atoms with Crippen LogP contribution >= 0.6 is 0 Å². The maximum atomic E-state index is 10.9. The number of aromatic amines is 1. The van der Waals surface area contributed by atoms with Crippen LogP contribution in [-0.4, -0.2) is 21.0 Å². The monoisotopic (exact) mass is 267 g/mol. The number of aromatic nitrogens is 2. The van der Waals surface area contributed by atoms with Gasteiger partial charge in [0, 0.05) is 5.69 Å². The third kappa shape index (κ3) is 2.21. The summed E-state index contributed by atoms with van der Waals surface area (Å²) in [4.78, 5) is 18.4. The standard InChI is InChI=1S/C15H13N3O2/c1-9-4-2-3-5-11(9)16-15-17-12-7-6-10(14(19)20)8-13(12)18-15/h2-8H,1H3,(H,19,20)(H2,16,17,18). The molecule has 0 radical (unpaired) electrons. The van der Waals surface area contributed by atoms with Crippen molar-refractivity contribution in [1.29, 1.82) is 0 Å². The Balaban J connectivity index is 1.97. The maximum absolute atomic E-state index is 10.9. The molecule has 3 aromatic rings. The molecule has 0 fully saturated rings. The van der Waals surface area contributed by atoms with E-state index in [1.54, 1.807) is 18.2 Å². The third-order valence-corrected chi connectivity index (χ3v) is 3.13. The Hall–Kier alpha value is -2.82. The van der Waals surface area contributed by atoms with Crippen LogP contribution in [-0.2, 0) is 0 Å². The quantitative estimate of drug-likeness (QED) is 0.680. The van der Waals surface area contributed by atoms with Crippen molar-refractivity contribution in [3.63, 3.8) is 0 Å². The van der Waals surface area contributed by atoms with Gasteiger partial charge in [0.15, 0.2) is 0 Å². The second-order valence-electron chi connectivity index (χ2n) is 4.56. The summed E-state index contributed by atoms with van der Waals surface area (Å²) in [6.45, 7) is 2.01. The van der Waals surface area contributed by atoms with Gasteiger partial charge >= 0.3 is 5.97 Å². The molecule has 0 saturated heterocycles. The number of anilines is 2. The first-order chi connectivity index (χ1) is 9.63. The van der Waals surface area contributed by atoms with E-state index in [4.69, 9.17) is 5.11 Å². The zero-order valence-corrected chi connectivity index (χ0v) is 10.8. The number of aryl methyl sites for hydroxylation is 1. The van der Waals surface area contributed by atoms with E-state index in [0.29, 0.717) is 11.5 Å². The van der Waals surface area contributed by atoms with Gasteiger partial charge in [-0.15, -0.1) is 0 Å². The highest BCUT2D eigenvalue weighted by Gasteiger charge is 2.08. The highest BCUT2D eigenvalue weighted by atomic mass is 16.4. The molecule has 20 heavy (non-hydrogen) atoms. The van der Waals surface area contributed by atoms with Crippen molar-refractivity contribution in [3.05, 3.63) is 53.6 Å². The number of fused-ring (bicyclic) bond motifs is 1. The smallest absolute Gasteiger partial charge is 0.335 e. The summed E-state index contributed by atoms with van der Waals surface area (Å²) < 4.78 is 0. The molecule has 3 N–H and O–H groups in total. The summed E-state index contributed by atoms with van der Waals surface area (Å²) in [5.74, 6) is -0.355. The average Bonchev–Trinajstić information content (AvgIpc) is 2.82. The van der Waals surface area contributed by atoms with E-state index in [1.165, 1.54) is 0 Å². The topological polar surface area (TPSA) is 78.0 Å². The van der Waals surface area contributed by atoms with Crippen molar-refractivity contribution in [2.75, 3.05) is 5.32 Å². The number of aromatic carboxylic acids is 1. The molecule has 0 saturated carbocycles. The lowest BCUT2D eigenvalue weighted by atomic mass is 10.2. The highest BCUT2D eigenvalue weighted by Crippen LogP contribution is 2.21. The molecule has 0 atom stereocenters. The fourth-order valence-electron chi connectivity index (χ4n) is 2.04. The molecule has 3 rings (SSSR count). The molecular formula is C15H13N3O2. The van der Waals surface area contributed by atoms with Gasteiger partial charge in [0.1, 0.15) is 0 Å². The average molecular weight is 267 g/mol. The molecule has 1 heterocycles. The highest BCUT2D eigenvalue weighted by molar-refractivity contribution is 5.92. The van der Waals surface area contributed by atoms with Crippen molar-refractivity contribution in [1.82, 2.24) is 9.97 Å². The number of carboxylic acids is 1. The Morgan fingerprint density at radius 2 is 2.05 bits per heavy atom. The van der Waals surface area contributed by atoms with Crippen molar-refractivity contribution >= 4 is 28.6 Å². The van der Waals surface area contributed by atoms with E-state index >= 15 is 0 Å². The van der Waals surface area contributed by atoms with Gasteiger partial charge in [-0.25, -0.2) is 9.78 Å². The zero-order valence-electron chi connectivity index (χ0n) is 10.8. The van der Waals surface area contributed by atoms with Gasteiger partial charge < -0.3 is 15.4 Å². The van der Waals surface area contributed by atoms with Gasteiger partial charge in [-0.1, -0.05) is 18.2 Å². The second-order valence-corrected chi connectivity index (χ2v) is 4.56. The molecule has 0 aliphatic rings. The Labute approximate surface area is 115 Å². The largest absolute Gasteiger partial charge is 0.478 e. The lowest BCUT2D eigenvalue weighted by Gasteiger charge is -2.05. The van der Waals surface area contributed by atoms with Crippen LogP contribution in [0.25, 0.3) is 11.0 Å². The number of imidazole rings is 1. The number of hydrogen-bond donors (Lipinski definition) is 3. The minimum Gasteiger partial charge on any atom is -0.478 e. The summed E-state index contributed by atoms with van der Waals surface area (Å²) in [5.41, 5.74) is 3.74. The minimum absolute atomic E-state index is 0.239. The fourth-order valence-corrected chi connectivity index (χ4v) is 2.04. The third-order valence-electron chi connectivity index (χ3n) is 3.13. The van der Waals surface area contributed by atoms with Gasteiger partial charge in [0.2, 0.25) is 5.95 Å². The molecule has 5 nitrogen and oxygen atoms in total. The normalized spacial score (nSPS) is 10.7. The van der Waals surface area contributed by atoms with Crippen LogP contribution in [0.4, 0.5) is 11.6 Å². The summed E-state index contributed by atoms with van der Waals surface area (Å²) in [7, 11) is 0. The number of rotatable bonds is 3. The fraction of sp³-hybridized carbons (Fsp3) is 0.0667. The van der Waals surface area contributed by atoms with Gasteiger partial charge in [-0.3, -0.25) is 0 Å². The van der Waals surface area contributed by atoms with E-state index in [2.05, 4.69) is 15.3 Å². The number of hydrogen-bond acceptors (Lipinski definition) is 3. The van der Waals surface area contributed by atoms with Gasteiger partial charge in [0.25, 0.3) is 0 Å². The van der Waals surface area contributed by atoms with Crippen molar-refractivity contribution in [3.8, 4) is 0 Å². The molecule has 0 aliphatic carbocycles. The van der Waals surface area contributed by atoms with E-state index < -0.39 is 5.97 Å². The molecule has 0 bridgehead atoms. The molecule has 1 aromatic heterocycles. The maximum Gasteiger partial charge on any atom is 0.335 e. The van der Waals surface area contributed by atoms with Gasteiger partial charge in [0.05, 0.1) is 16.6 Å². The Morgan fingerprint density at radius 3 is 2.80 bits per heavy atom. The Morgan fingerprint density at radius 1 is 1.25 bits per heavy atom. The molecule has 2 aromatic carbocycles. The van der Waals surface area contributed by atoms with E-state index in [9.17, 15) is 4.79 Å². The van der Waals surface area contributed by atoms with Crippen LogP contribution < -0.4 is 5.32 Å². The van der Waals surface area contributed by atoms with Crippen molar-refractivity contribution in [2.45, 2.75) is 6.92 Å². The number of H-pyrrole nitrogens is 1. The van der Waals surface area contributed by atoms with Crippen LogP contribution in [0.1, 0.15) is 15.9 Å². The lowest BCUT2D eigenvalue weighted by molar-refractivity contribution is 0.0697. The van der Waals surface area contributed by atoms with Crippen LogP contribution in [0, 0.1) is 6.92 Å². The number of carbonyl (C=O) groups is 1. The number of nitrogens with one attached hydrogen (secondary N) is 2. The Kier molecular flexibility index (Phi) is 2.87. The van der Waals surface area contributed by atoms with Crippen LogP contribution in [0.3, 0.4) is 0 Å². The molecular weight excluding hydrogens is 254 g/mol. The lowest BCUT2D eigenvalue weighted by Crippen LogP contribution is -1.95. The predicted octanol–water partition coefficient (Wildman–Crippen LogP) is 3.31. The summed E-state index contributed by atoms with van der Waals surface area (Å²) in [5, 5.41) is 12.2. The number of benzene rings is 2. The van der Waals surface area contributed by atoms with E-state index in [0.717, 1.165) is 16.8 Å². The van der Waals surface area contributed by atoms with E-state index in [1.807, 2.05) is 31.2 Å². The first kappa shape index (κ1) is 12.2. The van der Waals surface area contributed by atoms with Crippen LogP contribution in [0.2, 0.25) is 0 Å². The van der Waals surface area contributed by atoms with Crippen molar-refractivity contribution in [2.24, 2.45) is 0 Å². The first-order valence-electron chi connectivity index (χ1n) is 6.19. The number of nitrogens with zero attached hydrogens (tertiary/aromatic N) is 1. The summed E-state index contributed by atoms with van der Waals surface area (Å²) >= 11 is 0. The Bertz CT molecular complexity index is 793. The van der Waals surface area contributed by atoms with Gasteiger partial charge in [-0.05, 0) is 36.8 Å². The summed E-state index contributed by atoms with van der Waals surface area (Å²) in [6, 6.07) is 12.7. The molecule has 0 spiro atoms. The molecule has 0 amide bonds. The molecule has 0 unspecified atom stereocenters. The predicted molar refractivity (Wildman–Crippen MR) is 77.5 cm³/mol. The first-order valence-corrected chi connectivity index (χ1v) is 6.19. The molecule has 100 valence electrons. The molecule has 0 aliphatic heterocycles. The van der Waals surface area contributed by atoms with Gasteiger partial charge in [-0.2, -0.15) is 0 Å². The SMILES string of the molecule is Cc1ccccc1Nc1nc2ccc(C(=O)O)cc2[nH]1. The van der Waals surface area contributed by atoms with Crippen LogP contribution in [0.5, 0.6) is 0 Å². The van der Waals surface area contributed by atoms with Crippen LogP contribution in [0.15, 0.2) is 42.5 Å². The molecule has 5 heteroatoms. The zero-order chi connectivity index (χ0) is 14.1.